The van der Waals surface area contributed by atoms with Crippen LogP contribution in [0.4, 0.5) is 0 Å². The largest absolute Gasteiger partial charge is 0.462 e. The number of ether oxygens (including phenoxy) is 2. The number of aliphatic hydroxyl groups is 1. The molecule has 2 aliphatic heterocycles. The molecule has 1 aliphatic carbocycles. The fourth-order valence-electron chi connectivity index (χ4n) is 3.51. The first kappa shape index (κ1) is 18.5. The van der Waals surface area contributed by atoms with Gasteiger partial charge >= 0.3 is 0 Å². The van der Waals surface area contributed by atoms with Crippen molar-refractivity contribution in [1.82, 2.24) is 4.98 Å². The molecule has 6 heteroatoms. The Kier molecular flexibility index (Phi) is 4.03. The molecule has 1 aromatic carbocycles. The summed E-state index contributed by atoms with van der Waals surface area (Å²) < 4.78 is 11.7. The van der Waals surface area contributed by atoms with Crippen LogP contribution >= 0.6 is 0 Å². The number of amidine groups is 1. The molecule has 1 unspecified atom stereocenters. The summed E-state index contributed by atoms with van der Waals surface area (Å²) in [5.41, 5.74) is 7.07. The second-order valence-corrected chi connectivity index (χ2v) is 8.34. The van der Waals surface area contributed by atoms with Crippen LogP contribution in [0.2, 0.25) is 0 Å². The molecule has 150 valence electrons. The number of rotatable bonds is 0. The summed E-state index contributed by atoms with van der Waals surface area (Å²) in [5.74, 6) is 13.9. The lowest BCUT2D eigenvalue weighted by molar-refractivity contribution is 0.143. The Morgan fingerprint density at radius 2 is 1.97 bits per heavy atom. The van der Waals surface area contributed by atoms with E-state index in [1.807, 2.05) is 24.3 Å². The highest BCUT2D eigenvalue weighted by Gasteiger charge is 2.47. The second kappa shape index (κ2) is 6.52. The predicted molar refractivity (Wildman–Crippen MR) is 112 cm³/mol. The molecule has 6 nitrogen and oxygen atoms in total. The molecule has 1 atom stereocenters. The van der Waals surface area contributed by atoms with E-state index in [4.69, 9.17) is 15.2 Å². The Morgan fingerprint density at radius 3 is 2.67 bits per heavy atom. The molecule has 1 spiro atoms. The van der Waals surface area contributed by atoms with Gasteiger partial charge < -0.3 is 20.3 Å². The van der Waals surface area contributed by atoms with Crippen LogP contribution in [0.1, 0.15) is 48.9 Å². The summed E-state index contributed by atoms with van der Waals surface area (Å²) in [6, 6.07) is 7.83. The second-order valence-electron chi connectivity index (χ2n) is 8.34. The lowest BCUT2D eigenvalue weighted by Crippen LogP contribution is -2.31. The van der Waals surface area contributed by atoms with Crippen LogP contribution in [-0.2, 0) is 10.3 Å². The number of nitrogens with two attached hydrogens (primary N) is 1. The van der Waals surface area contributed by atoms with Gasteiger partial charge in [0.05, 0.1) is 5.56 Å². The third kappa shape index (κ3) is 3.36. The van der Waals surface area contributed by atoms with E-state index < -0.39 is 11.1 Å². The van der Waals surface area contributed by atoms with Gasteiger partial charge in [0.1, 0.15) is 18.0 Å². The summed E-state index contributed by atoms with van der Waals surface area (Å²) in [6.45, 7) is 3.51. The van der Waals surface area contributed by atoms with Crippen molar-refractivity contribution in [2.24, 2.45) is 16.6 Å². The van der Waals surface area contributed by atoms with Gasteiger partial charge in [-0.1, -0.05) is 23.7 Å². The van der Waals surface area contributed by atoms with E-state index in [0.717, 1.165) is 16.7 Å². The van der Waals surface area contributed by atoms with Crippen molar-refractivity contribution >= 4 is 6.02 Å². The summed E-state index contributed by atoms with van der Waals surface area (Å²) in [6.07, 6.45) is 3.97. The topological polar surface area (TPSA) is 90.0 Å². The highest BCUT2D eigenvalue weighted by atomic mass is 16.5. The van der Waals surface area contributed by atoms with Gasteiger partial charge in [-0.3, -0.25) is 0 Å². The number of aliphatic imine (C=N–C) groups is 1. The molecule has 0 radical (unpaired) electrons. The minimum absolute atomic E-state index is 0.122. The molecule has 3 N–H and O–H groups in total. The molecule has 2 aromatic rings. The average Bonchev–Trinajstić information content (AvgIpc) is 3.46. The number of pyridine rings is 1. The first-order valence-electron chi connectivity index (χ1n) is 9.91. The predicted octanol–water partition coefficient (Wildman–Crippen LogP) is 2.66. The molecule has 1 saturated carbocycles. The third-order valence-electron chi connectivity index (χ3n) is 5.17. The SMILES string of the molecule is CC(C)(O)C#Cc1cnc2c(c1)C1(COC(N)=N1)c1cc(C#CC3CC3)ccc1O2. The van der Waals surface area contributed by atoms with Crippen LogP contribution in [-0.4, -0.2) is 28.3 Å². The van der Waals surface area contributed by atoms with Crippen molar-refractivity contribution in [2.45, 2.75) is 37.8 Å². The molecule has 30 heavy (non-hydrogen) atoms. The highest BCUT2D eigenvalue weighted by molar-refractivity contribution is 5.76. The van der Waals surface area contributed by atoms with Gasteiger partial charge in [0.15, 0.2) is 5.54 Å². The van der Waals surface area contributed by atoms with Gasteiger partial charge in [-0.05, 0) is 51.0 Å². The molecular formula is C24H21N3O3. The average molecular weight is 399 g/mol. The van der Waals surface area contributed by atoms with Gasteiger partial charge in [-0.2, -0.15) is 0 Å². The van der Waals surface area contributed by atoms with E-state index in [1.165, 1.54) is 12.8 Å². The number of aromatic nitrogens is 1. The lowest BCUT2D eigenvalue weighted by atomic mass is 9.81. The van der Waals surface area contributed by atoms with Crippen LogP contribution in [0, 0.1) is 29.6 Å². The van der Waals surface area contributed by atoms with Gasteiger partial charge in [0, 0.05) is 28.8 Å². The highest BCUT2D eigenvalue weighted by Crippen LogP contribution is 2.50. The van der Waals surface area contributed by atoms with E-state index in [-0.39, 0.29) is 12.6 Å². The van der Waals surface area contributed by atoms with Gasteiger partial charge in [0.2, 0.25) is 5.88 Å². The number of nitrogens with zero attached hydrogens (tertiary/aromatic N) is 2. The Balaban J connectivity index is 1.64. The molecule has 3 heterocycles. The molecule has 5 rings (SSSR count). The zero-order chi connectivity index (χ0) is 20.9. The van der Waals surface area contributed by atoms with Crippen LogP contribution in [0.25, 0.3) is 0 Å². The molecule has 0 saturated heterocycles. The first-order valence-corrected chi connectivity index (χ1v) is 9.91. The van der Waals surface area contributed by atoms with Crippen molar-refractivity contribution in [3.63, 3.8) is 0 Å². The Morgan fingerprint density at radius 1 is 1.17 bits per heavy atom. The zero-order valence-corrected chi connectivity index (χ0v) is 16.8. The number of benzene rings is 1. The van der Waals surface area contributed by atoms with Crippen LogP contribution in [0.15, 0.2) is 35.5 Å². The smallest absolute Gasteiger partial charge is 0.283 e. The molecule has 3 aliphatic rings. The molecule has 0 bridgehead atoms. The summed E-state index contributed by atoms with van der Waals surface area (Å²) in [7, 11) is 0. The molecule has 1 fully saturated rings. The normalized spacial score (nSPS) is 21.1. The van der Waals surface area contributed by atoms with Crippen molar-refractivity contribution in [3.8, 4) is 35.3 Å². The number of hydrogen-bond donors (Lipinski definition) is 2. The summed E-state index contributed by atoms with van der Waals surface area (Å²) >= 11 is 0. The maximum Gasteiger partial charge on any atom is 0.283 e. The molecular weight excluding hydrogens is 378 g/mol. The van der Waals surface area contributed by atoms with Crippen LogP contribution in [0.5, 0.6) is 11.6 Å². The Bertz CT molecular complexity index is 1200. The van der Waals surface area contributed by atoms with Crippen molar-refractivity contribution < 1.29 is 14.6 Å². The fourth-order valence-corrected chi connectivity index (χ4v) is 3.51. The van der Waals surface area contributed by atoms with E-state index in [9.17, 15) is 5.11 Å². The number of hydrogen-bond acceptors (Lipinski definition) is 6. The van der Waals surface area contributed by atoms with E-state index in [1.54, 1.807) is 20.0 Å². The van der Waals surface area contributed by atoms with Crippen molar-refractivity contribution in [3.05, 3.63) is 52.7 Å². The van der Waals surface area contributed by atoms with Gasteiger partial charge in [-0.25, -0.2) is 9.98 Å². The molecule has 1 aromatic heterocycles. The van der Waals surface area contributed by atoms with Gasteiger partial charge in [0.25, 0.3) is 6.02 Å². The van der Waals surface area contributed by atoms with Crippen molar-refractivity contribution in [2.75, 3.05) is 6.61 Å². The minimum Gasteiger partial charge on any atom is -0.462 e. The third-order valence-corrected chi connectivity index (χ3v) is 5.17. The quantitative estimate of drug-likeness (QED) is 0.665. The minimum atomic E-state index is -1.11. The monoisotopic (exact) mass is 399 g/mol. The van der Waals surface area contributed by atoms with E-state index in [2.05, 4.69) is 33.7 Å². The van der Waals surface area contributed by atoms with E-state index >= 15 is 0 Å². The van der Waals surface area contributed by atoms with Crippen LogP contribution in [0.3, 0.4) is 0 Å². The standard InChI is InChI=1S/C24H21N3O3/c1-23(2,28)10-9-17-12-19-21(26-13-17)30-20-8-7-16(6-5-15-3-4-15)11-18(20)24(19)14-29-22(25)27-24/h7-8,11-13,15,28H,3-4,14H2,1-2H3,(H2,25,27). The summed E-state index contributed by atoms with van der Waals surface area (Å²) in [4.78, 5) is 9.12. The first-order chi connectivity index (χ1) is 14.3. The van der Waals surface area contributed by atoms with Crippen LogP contribution < -0.4 is 10.5 Å². The lowest BCUT2D eigenvalue weighted by Gasteiger charge is -2.32. The van der Waals surface area contributed by atoms with E-state index in [0.29, 0.717) is 23.1 Å². The molecule has 0 amide bonds. The summed E-state index contributed by atoms with van der Waals surface area (Å²) in [5, 5.41) is 9.92. The van der Waals surface area contributed by atoms with Crippen molar-refractivity contribution in [1.29, 1.82) is 0 Å². The number of fused-ring (bicyclic) bond motifs is 4. The Hall–Kier alpha value is -3.48. The Labute approximate surface area is 175 Å². The van der Waals surface area contributed by atoms with Gasteiger partial charge in [-0.15, -0.1) is 0 Å². The zero-order valence-electron chi connectivity index (χ0n) is 16.8. The maximum atomic E-state index is 9.92. The maximum absolute atomic E-state index is 9.92. The fraction of sp³-hybridized carbons (Fsp3) is 0.333.